The standard InChI is InChI=1S/C23H29N5O/c29-22(26-14-23-11-15-6-16(12-23)8-17(7-15)13-23)19-2-1-5-28-20(19)9-18(27-28)10-21-24-3-4-25-21/h1-2,5,9,15-17H,3-4,6-8,10-14H2,(H,24,25)(H,26,29). The number of hydrogen-bond acceptors (Lipinski definition) is 4. The van der Waals surface area contributed by atoms with Crippen LogP contribution in [0.4, 0.5) is 0 Å². The zero-order valence-corrected chi connectivity index (χ0v) is 16.9. The van der Waals surface area contributed by atoms with E-state index in [1.165, 1.54) is 38.5 Å². The summed E-state index contributed by atoms with van der Waals surface area (Å²) in [4.78, 5) is 17.6. The minimum absolute atomic E-state index is 0.0362. The molecule has 3 heterocycles. The maximum atomic E-state index is 13.1. The third-order valence-electron chi connectivity index (χ3n) is 7.68. The molecular weight excluding hydrogens is 362 g/mol. The van der Waals surface area contributed by atoms with E-state index in [-0.39, 0.29) is 5.91 Å². The molecule has 2 aromatic rings. The molecule has 0 unspecified atom stereocenters. The van der Waals surface area contributed by atoms with E-state index in [0.29, 0.717) is 11.8 Å². The van der Waals surface area contributed by atoms with Crippen molar-refractivity contribution < 1.29 is 4.79 Å². The van der Waals surface area contributed by atoms with E-state index in [2.05, 4.69) is 20.7 Å². The van der Waals surface area contributed by atoms with Gasteiger partial charge >= 0.3 is 0 Å². The molecule has 4 aliphatic carbocycles. The van der Waals surface area contributed by atoms with Crippen LogP contribution in [0.3, 0.4) is 0 Å². The predicted octanol–water partition coefficient (Wildman–Crippen LogP) is 2.82. The zero-order chi connectivity index (χ0) is 19.4. The summed E-state index contributed by atoms with van der Waals surface area (Å²) in [6.45, 7) is 2.57. The molecule has 2 N–H and O–H groups in total. The maximum absolute atomic E-state index is 13.1. The number of carbonyl (C=O) groups excluding carboxylic acids is 1. The highest BCUT2D eigenvalue weighted by atomic mass is 16.1. The van der Waals surface area contributed by atoms with Crippen molar-refractivity contribution in [3.05, 3.63) is 35.7 Å². The average molecular weight is 392 g/mol. The van der Waals surface area contributed by atoms with Crippen LogP contribution in [0.1, 0.15) is 54.6 Å². The van der Waals surface area contributed by atoms with Crippen molar-refractivity contribution in [2.24, 2.45) is 28.2 Å². The van der Waals surface area contributed by atoms with Gasteiger partial charge in [-0.1, -0.05) is 0 Å². The lowest BCUT2D eigenvalue weighted by Gasteiger charge is -2.56. The molecule has 7 rings (SSSR count). The fourth-order valence-corrected chi connectivity index (χ4v) is 6.95. The summed E-state index contributed by atoms with van der Waals surface area (Å²) in [7, 11) is 0. The number of hydrogen-bond donors (Lipinski definition) is 2. The van der Waals surface area contributed by atoms with Gasteiger partial charge in [-0.15, -0.1) is 0 Å². The molecule has 0 saturated heterocycles. The average Bonchev–Trinajstić information content (AvgIpc) is 3.34. The van der Waals surface area contributed by atoms with Crippen molar-refractivity contribution in [2.45, 2.75) is 44.9 Å². The Balaban J connectivity index is 1.20. The van der Waals surface area contributed by atoms with Crippen LogP contribution < -0.4 is 10.6 Å². The van der Waals surface area contributed by atoms with Crippen molar-refractivity contribution in [3.8, 4) is 0 Å². The van der Waals surface area contributed by atoms with E-state index in [1.807, 2.05) is 28.9 Å². The topological polar surface area (TPSA) is 70.8 Å². The van der Waals surface area contributed by atoms with Crippen molar-refractivity contribution in [1.82, 2.24) is 20.2 Å². The molecule has 0 spiro atoms. The van der Waals surface area contributed by atoms with E-state index >= 15 is 0 Å². The second-order valence-corrected chi connectivity index (χ2v) is 9.92. The summed E-state index contributed by atoms with van der Waals surface area (Å²) in [5, 5.41) is 11.3. The van der Waals surface area contributed by atoms with E-state index in [0.717, 1.165) is 60.0 Å². The molecule has 29 heavy (non-hydrogen) atoms. The number of pyridine rings is 1. The molecule has 0 radical (unpaired) electrons. The molecule has 4 bridgehead atoms. The number of aliphatic imine (C=N–C) groups is 1. The summed E-state index contributed by atoms with van der Waals surface area (Å²) < 4.78 is 1.82. The van der Waals surface area contributed by atoms with Gasteiger partial charge in [-0.2, -0.15) is 5.10 Å². The Labute approximate surface area is 171 Å². The molecule has 152 valence electrons. The lowest BCUT2D eigenvalue weighted by Crippen LogP contribution is -2.51. The Morgan fingerprint density at radius 1 is 1.21 bits per heavy atom. The van der Waals surface area contributed by atoms with Crippen LogP contribution in [0.5, 0.6) is 0 Å². The Morgan fingerprint density at radius 3 is 2.66 bits per heavy atom. The summed E-state index contributed by atoms with van der Waals surface area (Å²) in [6, 6.07) is 5.86. The highest BCUT2D eigenvalue weighted by molar-refractivity contribution is 6.00. The van der Waals surface area contributed by atoms with Gasteiger partial charge in [-0.05, 0) is 79.9 Å². The monoisotopic (exact) mass is 391 g/mol. The van der Waals surface area contributed by atoms with Crippen LogP contribution in [0.25, 0.3) is 5.52 Å². The van der Waals surface area contributed by atoms with Crippen LogP contribution in [-0.4, -0.2) is 41.0 Å². The first-order valence-electron chi connectivity index (χ1n) is 11.2. The second kappa shape index (κ2) is 6.57. The van der Waals surface area contributed by atoms with Crippen LogP contribution >= 0.6 is 0 Å². The maximum Gasteiger partial charge on any atom is 0.253 e. The number of carbonyl (C=O) groups is 1. The number of rotatable bonds is 5. The van der Waals surface area contributed by atoms with Gasteiger partial charge in [0, 0.05) is 25.7 Å². The van der Waals surface area contributed by atoms with Gasteiger partial charge in [0.1, 0.15) is 5.84 Å². The molecule has 1 aliphatic heterocycles. The molecule has 4 fully saturated rings. The number of nitrogens with one attached hydrogen (secondary N) is 2. The van der Waals surface area contributed by atoms with Crippen molar-refractivity contribution in [2.75, 3.05) is 19.6 Å². The van der Waals surface area contributed by atoms with Gasteiger partial charge in [-0.25, -0.2) is 4.52 Å². The summed E-state index contributed by atoms with van der Waals surface area (Å²) in [5.41, 5.74) is 2.90. The first kappa shape index (κ1) is 17.5. The van der Waals surface area contributed by atoms with Crippen molar-refractivity contribution in [3.63, 3.8) is 0 Å². The van der Waals surface area contributed by atoms with Gasteiger partial charge in [0.05, 0.1) is 23.3 Å². The molecule has 1 amide bonds. The summed E-state index contributed by atoms with van der Waals surface area (Å²) in [5.74, 6) is 3.75. The first-order valence-corrected chi connectivity index (χ1v) is 11.2. The summed E-state index contributed by atoms with van der Waals surface area (Å²) >= 11 is 0. The van der Waals surface area contributed by atoms with Crippen LogP contribution in [-0.2, 0) is 6.42 Å². The highest BCUT2D eigenvalue weighted by Crippen LogP contribution is 2.59. The minimum atomic E-state index is 0.0362. The fraction of sp³-hybridized carbons (Fsp3) is 0.609. The Kier molecular flexibility index (Phi) is 3.96. The largest absolute Gasteiger partial charge is 0.372 e. The van der Waals surface area contributed by atoms with E-state index in [1.54, 1.807) is 0 Å². The third kappa shape index (κ3) is 3.13. The lowest BCUT2D eigenvalue weighted by molar-refractivity contribution is -0.0503. The molecule has 5 aliphatic rings. The van der Waals surface area contributed by atoms with Crippen molar-refractivity contribution in [1.29, 1.82) is 0 Å². The number of amidine groups is 1. The normalized spacial score (nSPS) is 32.4. The number of fused-ring (bicyclic) bond motifs is 1. The van der Waals surface area contributed by atoms with Gasteiger partial charge < -0.3 is 10.6 Å². The Hall–Kier alpha value is -2.37. The predicted molar refractivity (Wildman–Crippen MR) is 112 cm³/mol. The number of aromatic nitrogens is 2. The van der Waals surface area contributed by atoms with Gasteiger partial charge in [0.25, 0.3) is 5.91 Å². The molecule has 0 atom stereocenters. The Morgan fingerprint density at radius 2 is 1.97 bits per heavy atom. The van der Waals surface area contributed by atoms with Gasteiger partial charge in [0.2, 0.25) is 0 Å². The molecule has 6 nitrogen and oxygen atoms in total. The minimum Gasteiger partial charge on any atom is -0.372 e. The van der Waals surface area contributed by atoms with Crippen molar-refractivity contribution >= 4 is 17.3 Å². The first-order chi connectivity index (χ1) is 14.2. The van der Waals surface area contributed by atoms with Gasteiger partial charge in [0.15, 0.2) is 0 Å². The molecule has 2 aromatic heterocycles. The molecule has 6 heteroatoms. The van der Waals surface area contributed by atoms with Crippen LogP contribution in [0.15, 0.2) is 29.4 Å². The molecule has 0 aromatic carbocycles. The van der Waals surface area contributed by atoms with E-state index < -0.39 is 0 Å². The molecule has 4 saturated carbocycles. The summed E-state index contributed by atoms with van der Waals surface area (Å²) in [6.07, 6.45) is 10.9. The lowest BCUT2D eigenvalue weighted by atomic mass is 9.49. The zero-order valence-electron chi connectivity index (χ0n) is 16.9. The quantitative estimate of drug-likeness (QED) is 0.823. The number of amides is 1. The SMILES string of the molecule is O=C(NCC12CC3CC(CC(C3)C1)C2)c1cccn2nc(CC3=NCCN3)cc12. The Bertz CT molecular complexity index is 955. The third-order valence-corrected chi connectivity index (χ3v) is 7.68. The van der Waals surface area contributed by atoms with Crippen LogP contribution in [0, 0.1) is 23.2 Å². The number of nitrogens with zero attached hydrogens (tertiary/aromatic N) is 3. The van der Waals surface area contributed by atoms with Gasteiger partial charge in [-0.3, -0.25) is 9.79 Å². The van der Waals surface area contributed by atoms with E-state index in [4.69, 9.17) is 0 Å². The fourth-order valence-electron chi connectivity index (χ4n) is 6.95. The van der Waals surface area contributed by atoms with E-state index in [9.17, 15) is 4.79 Å². The smallest absolute Gasteiger partial charge is 0.253 e. The van der Waals surface area contributed by atoms with Crippen LogP contribution in [0.2, 0.25) is 0 Å². The molecular formula is C23H29N5O. The second-order valence-electron chi connectivity index (χ2n) is 9.92. The highest BCUT2D eigenvalue weighted by Gasteiger charge is 2.50.